The molecule has 2 aromatic rings. The van der Waals surface area contributed by atoms with E-state index in [1.165, 1.54) is 22.7 Å². The molecule has 1 N–H and O–H groups in total. The molecule has 152 valence electrons. The number of nitrogens with one attached hydrogen (secondary N) is 1. The molecule has 0 spiro atoms. The second-order valence-corrected chi connectivity index (χ2v) is 8.95. The van der Waals surface area contributed by atoms with Crippen molar-refractivity contribution in [3.63, 3.8) is 0 Å². The van der Waals surface area contributed by atoms with E-state index >= 15 is 0 Å². The van der Waals surface area contributed by atoms with Crippen LogP contribution in [0, 0.1) is 19.7 Å². The molecular weight excluding hydrogens is 379 g/mol. The molecule has 0 fully saturated rings. The number of hydrogen-bond acceptors (Lipinski definition) is 3. The van der Waals surface area contributed by atoms with E-state index in [4.69, 9.17) is 0 Å². The minimum atomic E-state index is -3.45. The van der Waals surface area contributed by atoms with Crippen molar-refractivity contribution in [2.75, 3.05) is 17.1 Å². The predicted molar refractivity (Wildman–Crippen MR) is 110 cm³/mol. The Morgan fingerprint density at radius 3 is 2.32 bits per heavy atom. The molecule has 28 heavy (non-hydrogen) atoms. The number of carbonyl (C=O) groups excluding carboxylic acids is 1. The lowest BCUT2D eigenvalue weighted by atomic mass is 10.1. The van der Waals surface area contributed by atoms with E-state index in [2.05, 4.69) is 5.32 Å². The van der Waals surface area contributed by atoms with E-state index in [9.17, 15) is 17.6 Å². The molecule has 0 saturated heterocycles. The van der Waals surface area contributed by atoms with Crippen LogP contribution in [0.1, 0.15) is 42.5 Å². The maximum atomic E-state index is 13.0. The van der Waals surface area contributed by atoms with E-state index in [0.717, 1.165) is 16.7 Å². The Morgan fingerprint density at radius 1 is 1.11 bits per heavy atom. The zero-order valence-corrected chi connectivity index (χ0v) is 17.5. The normalized spacial score (nSPS) is 12.5. The molecule has 0 saturated carbocycles. The number of aryl methyl sites for hydroxylation is 2. The van der Waals surface area contributed by atoms with Gasteiger partial charge < -0.3 is 5.32 Å². The lowest BCUT2D eigenvalue weighted by Gasteiger charge is -2.23. The molecule has 0 aromatic heterocycles. The van der Waals surface area contributed by atoms with Crippen LogP contribution in [0.3, 0.4) is 0 Å². The van der Waals surface area contributed by atoms with Crippen molar-refractivity contribution in [3.8, 4) is 0 Å². The second kappa shape index (κ2) is 9.19. The molecule has 0 aliphatic carbocycles. The summed E-state index contributed by atoms with van der Waals surface area (Å²) in [7, 11) is -3.45. The first kappa shape index (κ1) is 21.9. The maximum Gasteiger partial charge on any atom is 0.232 e. The summed E-state index contributed by atoms with van der Waals surface area (Å²) < 4.78 is 38.7. The summed E-state index contributed by atoms with van der Waals surface area (Å²) in [6.45, 7) is 5.95. The highest BCUT2D eigenvalue weighted by molar-refractivity contribution is 7.92. The van der Waals surface area contributed by atoms with Crippen molar-refractivity contribution in [2.45, 2.75) is 39.7 Å². The molecule has 7 heteroatoms. The molecular formula is C21H27FN2O3S. The lowest BCUT2D eigenvalue weighted by molar-refractivity contribution is -0.121. The summed E-state index contributed by atoms with van der Waals surface area (Å²) in [5.74, 6) is -0.500. The van der Waals surface area contributed by atoms with Gasteiger partial charge in [0, 0.05) is 13.0 Å². The third kappa shape index (κ3) is 6.05. The van der Waals surface area contributed by atoms with Crippen LogP contribution in [0.4, 0.5) is 10.1 Å². The van der Waals surface area contributed by atoms with Gasteiger partial charge in [0.1, 0.15) is 5.82 Å². The fourth-order valence-electron chi connectivity index (χ4n) is 2.90. The molecule has 0 aliphatic heterocycles. The van der Waals surface area contributed by atoms with Crippen molar-refractivity contribution in [3.05, 3.63) is 65.0 Å². The van der Waals surface area contributed by atoms with Crippen LogP contribution in [0.2, 0.25) is 0 Å². The number of rotatable bonds is 8. The third-order valence-corrected chi connectivity index (χ3v) is 5.89. The van der Waals surface area contributed by atoms with E-state index in [1.54, 1.807) is 18.2 Å². The maximum absolute atomic E-state index is 13.0. The fourth-order valence-corrected chi connectivity index (χ4v) is 3.86. The Labute approximate surface area is 166 Å². The number of carbonyl (C=O) groups is 1. The van der Waals surface area contributed by atoms with Crippen molar-refractivity contribution < 1.29 is 17.6 Å². The number of benzene rings is 2. The van der Waals surface area contributed by atoms with Gasteiger partial charge in [-0.15, -0.1) is 0 Å². The molecule has 5 nitrogen and oxygen atoms in total. The van der Waals surface area contributed by atoms with Crippen molar-refractivity contribution in [1.82, 2.24) is 5.32 Å². The first-order chi connectivity index (χ1) is 13.1. The zero-order valence-electron chi connectivity index (χ0n) is 16.7. The van der Waals surface area contributed by atoms with E-state index in [0.29, 0.717) is 12.1 Å². The van der Waals surface area contributed by atoms with Crippen LogP contribution in [-0.4, -0.2) is 27.1 Å². The summed E-state index contributed by atoms with van der Waals surface area (Å²) in [4.78, 5) is 12.2. The molecule has 0 heterocycles. The van der Waals surface area contributed by atoms with Gasteiger partial charge in [-0.3, -0.25) is 9.10 Å². The average molecular weight is 407 g/mol. The van der Waals surface area contributed by atoms with Gasteiger partial charge >= 0.3 is 0 Å². The van der Waals surface area contributed by atoms with Crippen LogP contribution < -0.4 is 9.62 Å². The standard InChI is InChI=1S/C21H27FN2O3S/c1-15-7-12-20(14-16(15)2)24(28(4,26)27)13-5-6-21(25)23-17(3)18-8-10-19(22)11-9-18/h7-12,14,17H,5-6,13H2,1-4H3,(H,23,25)/t17-/m0/s1. The predicted octanol–water partition coefficient (Wildman–Crippen LogP) is 3.87. The smallest absolute Gasteiger partial charge is 0.232 e. The van der Waals surface area contributed by atoms with Crippen molar-refractivity contribution in [1.29, 1.82) is 0 Å². The Kier molecular flexibility index (Phi) is 7.18. The molecule has 0 bridgehead atoms. The minimum Gasteiger partial charge on any atom is -0.350 e. The largest absolute Gasteiger partial charge is 0.350 e. The highest BCUT2D eigenvalue weighted by Crippen LogP contribution is 2.22. The van der Waals surface area contributed by atoms with Crippen LogP contribution >= 0.6 is 0 Å². The Morgan fingerprint density at radius 2 is 1.75 bits per heavy atom. The molecule has 1 atom stereocenters. The zero-order chi connectivity index (χ0) is 20.9. The van der Waals surface area contributed by atoms with Gasteiger partial charge in [0.15, 0.2) is 0 Å². The lowest BCUT2D eigenvalue weighted by Crippen LogP contribution is -2.32. The Balaban J connectivity index is 1.95. The summed E-state index contributed by atoms with van der Waals surface area (Å²) in [5.41, 5.74) is 3.51. The van der Waals surface area contributed by atoms with E-state index < -0.39 is 10.0 Å². The quantitative estimate of drug-likeness (QED) is 0.724. The summed E-state index contributed by atoms with van der Waals surface area (Å²) in [5, 5.41) is 2.86. The number of nitrogens with zero attached hydrogens (tertiary/aromatic N) is 1. The van der Waals surface area contributed by atoms with Gasteiger partial charge in [0.05, 0.1) is 18.0 Å². The van der Waals surface area contributed by atoms with Gasteiger partial charge in [-0.2, -0.15) is 0 Å². The molecule has 0 unspecified atom stereocenters. The Bertz CT molecular complexity index is 927. The molecule has 0 radical (unpaired) electrons. The van der Waals surface area contributed by atoms with Gasteiger partial charge in [-0.05, 0) is 68.1 Å². The fraction of sp³-hybridized carbons (Fsp3) is 0.381. The first-order valence-corrected chi connectivity index (χ1v) is 11.0. The number of amides is 1. The number of anilines is 1. The number of sulfonamides is 1. The van der Waals surface area contributed by atoms with Crippen LogP contribution in [-0.2, 0) is 14.8 Å². The van der Waals surface area contributed by atoms with Crippen LogP contribution in [0.15, 0.2) is 42.5 Å². The van der Waals surface area contributed by atoms with Gasteiger partial charge in [0.25, 0.3) is 0 Å². The number of hydrogen-bond donors (Lipinski definition) is 1. The SMILES string of the molecule is Cc1ccc(N(CCCC(=O)N[C@@H](C)c2ccc(F)cc2)S(C)(=O)=O)cc1C. The molecule has 2 rings (SSSR count). The summed E-state index contributed by atoms with van der Waals surface area (Å²) in [6, 6.07) is 11.2. The van der Waals surface area contributed by atoms with E-state index in [-0.39, 0.29) is 30.7 Å². The van der Waals surface area contributed by atoms with Gasteiger partial charge in [0.2, 0.25) is 15.9 Å². The summed E-state index contributed by atoms with van der Waals surface area (Å²) in [6.07, 6.45) is 1.75. The van der Waals surface area contributed by atoms with E-state index in [1.807, 2.05) is 32.9 Å². The molecule has 0 aliphatic rings. The topological polar surface area (TPSA) is 66.5 Å². The molecule has 2 aromatic carbocycles. The van der Waals surface area contributed by atoms with Crippen molar-refractivity contribution in [2.24, 2.45) is 0 Å². The van der Waals surface area contributed by atoms with Crippen LogP contribution in [0.25, 0.3) is 0 Å². The van der Waals surface area contributed by atoms with Crippen LogP contribution in [0.5, 0.6) is 0 Å². The number of halogens is 1. The first-order valence-electron chi connectivity index (χ1n) is 9.17. The summed E-state index contributed by atoms with van der Waals surface area (Å²) >= 11 is 0. The minimum absolute atomic E-state index is 0.176. The third-order valence-electron chi connectivity index (χ3n) is 4.69. The Hall–Kier alpha value is -2.41. The molecule has 1 amide bonds. The average Bonchev–Trinajstić information content (AvgIpc) is 2.60. The highest BCUT2D eigenvalue weighted by atomic mass is 32.2. The van der Waals surface area contributed by atoms with Crippen molar-refractivity contribution >= 4 is 21.6 Å². The van der Waals surface area contributed by atoms with Gasteiger partial charge in [-0.25, -0.2) is 12.8 Å². The second-order valence-electron chi connectivity index (χ2n) is 7.05. The monoisotopic (exact) mass is 406 g/mol. The van der Waals surface area contributed by atoms with Gasteiger partial charge in [-0.1, -0.05) is 18.2 Å². The highest BCUT2D eigenvalue weighted by Gasteiger charge is 2.18.